The van der Waals surface area contributed by atoms with E-state index in [-0.39, 0.29) is 11.3 Å². The van der Waals surface area contributed by atoms with Gasteiger partial charge in [-0.3, -0.25) is 14.5 Å². The molecule has 2 aliphatic rings. The molecule has 1 saturated heterocycles. The van der Waals surface area contributed by atoms with Crippen LogP contribution in [0.25, 0.3) is 5.76 Å². The van der Waals surface area contributed by atoms with Crippen molar-refractivity contribution in [1.82, 2.24) is 0 Å². The first-order valence-corrected chi connectivity index (χ1v) is 11.5. The molecule has 6 heteroatoms. The molecule has 0 saturated carbocycles. The lowest BCUT2D eigenvalue weighted by Gasteiger charge is -2.25. The normalized spacial score (nSPS) is 19.7. The van der Waals surface area contributed by atoms with Gasteiger partial charge in [-0.05, 0) is 85.2 Å². The van der Waals surface area contributed by atoms with E-state index in [9.17, 15) is 14.7 Å². The van der Waals surface area contributed by atoms with Gasteiger partial charge in [-0.1, -0.05) is 12.1 Å². The van der Waals surface area contributed by atoms with Gasteiger partial charge in [0.15, 0.2) is 0 Å². The number of ketones is 1. The zero-order valence-electron chi connectivity index (χ0n) is 17.9. The van der Waals surface area contributed by atoms with E-state index in [0.717, 1.165) is 40.2 Å². The summed E-state index contributed by atoms with van der Waals surface area (Å²) >= 11 is 1.46. The zero-order chi connectivity index (χ0) is 22.4. The Hall–Kier alpha value is -3.38. The van der Waals surface area contributed by atoms with E-state index >= 15 is 0 Å². The first kappa shape index (κ1) is 20.5. The molecule has 1 unspecified atom stereocenters. The minimum atomic E-state index is -0.677. The summed E-state index contributed by atoms with van der Waals surface area (Å²) in [6, 6.07) is 14.4. The van der Waals surface area contributed by atoms with Crippen LogP contribution < -0.4 is 9.64 Å². The van der Waals surface area contributed by atoms with Gasteiger partial charge in [-0.25, -0.2) is 0 Å². The van der Waals surface area contributed by atoms with Crippen molar-refractivity contribution < 1.29 is 19.4 Å². The van der Waals surface area contributed by atoms with Gasteiger partial charge in [0.2, 0.25) is 0 Å². The van der Waals surface area contributed by atoms with Crippen molar-refractivity contribution in [2.45, 2.75) is 32.7 Å². The maximum Gasteiger partial charge on any atom is 0.300 e. The van der Waals surface area contributed by atoms with E-state index in [1.54, 1.807) is 6.07 Å². The van der Waals surface area contributed by atoms with Crippen LogP contribution in [0.3, 0.4) is 0 Å². The Morgan fingerprint density at radius 2 is 1.88 bits per heavy atom. The number of thiophene rings is 1. The van der Waals surface area contributed by atoms with Crippen molar-refractivity contribution in [1.29, 1.82) is 0 Å². The molecule has 0 aliphatic carbocycles. The van der Waals surface area contributed by atoms with E-state index in [2.05, 4.69) is 0 Å². The van der Waals surface area contributed by atoms with Crippen molar-refractivity contribution in [3.05, 3.63) is 86.6 Å². The number of hydrogen-bond donors (Lipinski definition) is 1. The van der Waals surface area contributed by atoms with E-state index < -0.39 is 17.7 Å². The number of anilines is 1. The summed E-state index contributed by atoms with van der Waals surface area (Å²) in [5.74, 6) is -0.648. The summed E-state index contributed by atoms with van der Waals surface area (Å²) < 4.78 is 5.67. The Morgan fingerprint density at radius 1 is 1.09 bits per heavy atom. The van der Waals surface area contributed by atoms with Crippen molar-refractivity contribution in [2.75, 3.05) is 11.5 Å². The zero-order valence-corrected chi connectivity index (χ0v) is 18.7. The van der Waals surface area contributed by atoms with Crippen LogP contribution in [0.2, 0.25) is 0 Å². The molecule has 162 valence electrons. The van der Waals surface area contributed by atoms with Crippen LogP contribution in [0.15, 0.2) is 59.5 Å². The van der Waals surface area contributed by atoms with Gasteiger partial charge in [-0.2, -0.15) is 0 Å². The van der Waals surface area contributed by atoms with Crippen LogP contribution in [-0.2, 0) is 16.0 Å². The standard InChI is InChI=1S/C26H23NO4S/c1-15-11-16(2)13-19(12-15)27-23(21-6-4-10-32-21)22(25(29)26(27)30)24(28)18-7-8-20-17(14-18)5-3-9-31-20/h4,6-8,10-14,23,28H,3,5,9H2,1-2H3/b24-22-. The number of Topliss-reactive ketones (excluding diaryl/α,β-unsaturated/α-hetero) is 1. The minimum absolute atomic E-state index is 0.119. The fraction of sp³-hybridized carbons (Fsp3) is 0.231. The highest BCUT2D eigenvalue weighted by Crippen LogP contribution is 2.44. The molecular weight excluding hydrogens is 422 g/mol. The maximum atomic E-state index is 13.2. The van der Waals surface area contributed by atoms with Gasteiger partial charge < -0.3 is 9.84 Å². The predicted octanol–water partition coefficient (Wildman–Crippen LogP) is 5.32. The summed E-state index contributed by atoms with van der Waals surface area (Å²) in [6.07, 6.45) is 1.76. The lowest BCUT2D eigenvalue weighted by atomic mass is 9.97. The number of ether oxygens (including phenoxy) is 1. The fourth-order valence-corrected chi connectivity index (χ4v) is 5.39. The number of nitrogens with zero attached hydrogens (tertiary/aromatic N) is 1. The van der Waals surface area contributed by atoms with Crippen LogP contribution in [0.4, 0.5) is 5.69 Å². The van der Waals surface area contributed by atoms with E-state index in [0.29, 0.717) is 17.9 Å². The van der Waals surface area contributed by atoms with Gasteiger partial charge in [-0.15, -0.1) is 11.3 Å². The van der Waals surface area contributed by atoms with Gasteiger partial charge in [0, 0.05) is 16.1 Å². The highest BCUT2D eigenvalue weighted by Gasteiger charge is 2.47. The second-order valence-electron chi connectivity index (χ2n) is 8.30. The summed E-state index contributed by atoms with van der Waals surface area (Å²) in [7, 11) is 0. The Morgan fingerprint density at radius 3 is 2.59 bits per heavy atom. The molecule has 5 rings (SSSR count). The topological polar surface area (TPSA) is 66.8 Å². The first-order valence-electron chi connectivity index (χ1n) is 10.6. The smallest absolute Gasteiger partial charge is 0.300 e. The number of carbonyl (C=O) groups excluding carboxylic acids is 2. The lowest BCUT2D eigenvalue weighted by Crippen LogP contribution is -2.29. The number of rotatable bonds is 3. The van der Waals surface area contributed by atoms with E-state index in [4.69, 9.17) is 4.74 Å². The summed E-state index contributed by atoms with van der Waals surface area (Å²) in [5.41, 5.74) is 4.29. The third-order valence-corrected chi connectivity index (χ3v) is 6.85. The second-order valence-corrected chi connectivity index (χ2v) is 9.28. The van der Waals surface area contributed by atoms with Crippen molar-refractivity contribution in [3.8, 4) is 5.75 Å². The van der Waals surface area contributed by atoms with Gasteiger partial charge in [0.25, 0.3) is 11.7 Å². The Bertz CT molecular complexity index is 1240. The Labute approximate surface area is 190 Å². The van der Waals surface area contributed by atoms with Crippen molar-refractivity contribution >= 4 is 34.5 Å². The molecule has 1 fully saturated rings. The Kier molecular flexibility index (Phi) is 5.10. The molecule has 2 aromatic carbocycles. The summed E-state index contributed by atoms with van der Waals surface area (Å²) in [5, 5.41) is 13.2. The predicted molar refractivity (Wildman–Crippen MR) is 125 cm³/mol. The molecule has 1 atom stereocenters. The number of aliphatic hydroxyl groups is 1. The molecule has 3 aromatic rings. The van der Waals surface area contributed by atoms with Gasteiger partial charge in [0.1, 0.15) is 17.6 Å². The number of aryl methyl sites for hydroxylation is 3. The highest BCUT2D eigenvalue weighted by molar-refractivity contribution is 7.10. The fourth-order valence-electron chi connectivity index (χ4n) is 4.57. The molecule has 3 heterocycles. The maximum absolute atomic E-state index is 13.2. The van der Waals surface area contributed by atoms with Crippen LogP contribution >= 0.6 is 11.3 Å². The van der Waals surface area contributed by atoms with Crippen LogP contribution in [-0.4, -0.2) is 23.4 Å². The molecule has 0 bridgehead atoms. The summed E-state index contributed by atoms with van der Waals surface area (Å²) in [4.78, 5) is 28.8. The molecule has 1 aromatic heterocycles. The molecule has 0 spiro atoms. The van der Waals surface area contributed by atoms with E-state index in [1.165, 1.54) is 16.2 Å². The van der Waals surface area contributed by atoms with Crippen LogP contribution in [0.1, 0.15) is 39.6 Å². The second kappa shape index (κ2) is 7.95. The third kappa shape index (κ3) is 3.41. The monoisotopic (exact) mass is 445 g/mol. The molecule has 1 amide bonds. The first-order chi connectivity index (χ1) is 15.4. The van der Waals surface area contributed by atoms with Crippen LogP contribution in [0.5, 0.6) is 5.75 Å². The minimum Gasteiger partial charge on any atom is -0.507 e. The Balaban J connectivity index is 1.68. The quantitative estimate of drug-likeness (QED) is 0.337. The molecule has 5 nitrogen and oxygen atoms in total. The molecule has 1 N–H and O–H groups in total. The lowest BCUT2D eigenvalue weighted by molar-refractivity contribution is -0.132. The SMILES string of the molecule is Cc1cc(C)cc(N2C(=O)C(=O)/C(=C(\O)c3ccc4c(c3)CCCO4)C2c2cccs2)c1. The number of aliphatic hydroxyl groups excluding tert-OH is 1. The summed E-state index contributed by atoms with van der Waals surface area (Å²) in [6.45, 7) is 4.60. The number of fused-ring (bicyclic) bond motifs is 1. The number of benzene rings is 2. The molecular formula is C26H23NO4S. The largest absolute Gasteiger partial charge is 0.507 e. The number of hydrogen-bond acceptors (Lipinski definition) is 5. The average Bonchev–Trinajstić information content (AvgIpc) is 3.39. The number of amides is 1. The number of carbonyl (C=O) groups is 2. The van der Waals surface area contributed by atoms with Crippen LogP contribution in [0, 0.1) is 13.8 Å². The van der Waals surface area contributed by atoms with Gasteiger partial charge >= 0.3 is 0 Å². The molecule has 0 radical (unpaired) electrons. The van der Waals surface area contributed by atoms with E-state index in [1.807, 2.05) is 61.7 Å². The third-order valence-electron chi connectivity index (χ3n) is 5.92. The molecule has 32 heavy (non-hydrogen) atoms. The highest BCUT2D eigenvalue weighted by atomic mass is 32.1. The van der Waals surface area contributed by atoms with Crippen molar-refractivity contribution in [3.63, 3.8) is 0 Å². The molecule has 2 aliphatic heterocycles. The average molecular weight is 446 g/mol. The van der Waals surface area contributed by atoms with Gasteiger partial charge in [0.05, 0.1) is 12.2 Å². The van der Waals surface area contributed by atoms with Crippen molar-refractivity contribution in [2.24, 2.45) is 0 Å².